The van der Waals surface area contributed by atoms with Crippen molar-refractivity contribution < 1.29 is 4.79 Å². The molecule has 154 valence electrons. The number of likely N-dealkylation sites (tertiary alicyclic amines) is 1. The van der Waals surface area contributed by atoms with Crippen molar-refractivity contribution in [3.05, 3.63) is 65.7 Å². The van der Waals surface area contributed by atoms with Gasteiger partial charge in [0.25, 0.3) is 0 Å². The molecule has 4 nitrogen and oxygen atoms in total. The molecule has 0 spiro atoms. The number of nitrogen functional groups attached to an aromatic ring is 1. The first-order valence-corrected chi connectivity index (χ1v) is 9.60. The summed E-state index contributed by atoms with van der Waals surface area (Å²) in [5.41, 5.74) is 9.16. The molecular formula is C22H31Cl2N3O. The number of halogens is 2. The highest BCUT2D eigenvalue weighted by molar-refractivity contribution is 5.85. The summed E-state index contributed by atoms with van der Waals surface area (Å²) in [4.78, 5) is 14.7. The van der Waals surface area contributed by atoms with E-state index in [0.717, 1.165) is 50.1 Å². The first-order valence-electron chi connectivity index (χ1n) is 9.60. The molecule has 1 heterocycles. The Kier molecular flexibility index (Phi) is 11.0. The van der Waals surface area contributed by atoms with Crippen LogP contribution in [0.4, 0.5) is 5.69 Å². The molecule has 6 heteroatoms. The molecule has 28 heavy (non-hydrogen) atoms. The number of piperidine rings is 1. The van der Waals surface area contributed by atoms with Gasteiger partial charge in [-0.05, 0) is 42.9 Å². The van der Waals surface area contributed by atoms with Crippen LogP contribution in [0.1, 0.15) is 30.4 Å². The van der Waals surface area contributed by atoms with E-state index in [4.69, 9.17) is 5.73 Å². The Morgan fingerprint density at radius 1 is 0.964 bits per heavy atom. The third-order valence-electron chi connectivity index (χ3n) is 5.19. The van der Waals surface area contributed by atoms with E-state index in [0.29, 0.717) is 18.9 Å². The third-order valence-corrected chi connectivity index (χ3v) is 5.19. The van der Waals surface area contributed by atoms with Crippen molar-refractivity contribution in [3.8, 4) is 0 Å². The molecule has 1 amide bonds. The maximum absolute atomic E-state index is 12.2. The molecular weight excluding hydrogens is 393 g/mol. The molecule has 1 aliphatic heterocycles. The minimum Gasteiger partial charge on any atom is -0.399 e. The standard InChI is InChI=1S/C22H29N3O.2ClH/c23-21-9-5-4-8-19(21)10-11-22(26)24-20-13-16-25(17-14-20)15-12-18-6-2-1-3-7-18;;/h1-9,20H,10-17,23H2,(H,24,26);2*1H. The minimum absolute atomic E-state index is 0. The van der Waals surface area contributed by atoms with Gasteiger partial charge in [0.1, 0.15) is 0 Å². The lowest BCUT2D eigenvalue weighted by Gasteiger charge is -2.32. The van der Waals surface area contributed by atoms with E-state index >= 15 is 0 Å². The molecule has 1 fully saturated rings. The highest BCUT2D eigenvalue weighted by Crippen LogP contribution is 2.14. The number of amides is 1. The Hall–Kier alpha value is -1.75. The molecule has 0 aliphatic carbocycles. The first kappa shape index (κ1) is 24.3. The smallest absolute Gasteiger partial charge is 0.220 e. The summed E-state index contributed by atoms with van der Waals surface area (Å²) in [5.74, 6) is 0.135. The summed E-state index contributed by atoms with van der Waals surface area (Å²) in [5, 5.41) is 3.20. The monoisotopic (exact) mass is 423 g/mol. The van der Waals surface area contributed by atoms with Crippen LogP contribution in [0.15, 0.2) is 54.6 Å². The second kappa shape index (κ2) is 12.7. The molecule has 3 rings (SSSR count). The number of nitrogens with one attached hydrogen (secondary N) is 1. The Morgan fingerprint density at radius 2 is 1.61 bits per heavy atom. The number of rotatable bonds is 7. The predicted octanol–water partition coefficient (Wildman–Crippen LogP) is 3.87. The van der Waals surface area contributed by atoms with Crippen LogP contribution in [0.3, 0.4) is 0 Å². The van der Waals surface area contributed by atoms with E-state index in [2.05, 4.69) is 40.5 Å². The van der Waals surface area contributed by atoms with Crippen molar-refractivity contribution in [2.45, 2.75) is 38.1 Å². The fourth-order valence-electron chi connectivity index (χ4n) is 3.54. The lowest BCUT2D eigenvalue weighted by Crippen LogP contribution is -2.45. The molecule has 0 unspecified atom stereocenters. The van der Waals surface area contributed by atoms with Crippen molar-refractivity contribution in [2.75, 3.05) is 25.4 Å². The highest BCUT2D eigenvalue weighted by Gasteiger charge is 2.20. The average Bonchev–Trinajstić information content (AvgIpc) is 2.68. The predicted molar refractivity (Wildman–Crippen MR) is 121 cm³/mol. The summed E-state index contributed by atoms with van der Waals surface area (Å²) in [7, 11) is 0. The molecule has 3 N–H and O–H groups in total. The molecule has 0 aromatic heterocycles. The fourth-order valence-corrected chi connectivity index (χ4v) is 3.54. The second-order valence-corrected chi connectivity index (χ2v) is 7.12. The van der Waals surface area contributed by atoms with Gasteiger partial charge in [-0.15, -0.1) is 24.8 Å². The Labute approximate surface area is 180 Å². The SMILES string of the molecule is Cl.Cl.Nc1ccccc1CCC(=O)NC1CCN(CCc2ccccc2)CC1. The number of hydrogen-bond donors (Lipinski definition) is 2. The number of para-hydroxylation sites is 1. The Balaban J connectivity index is 0.00000196. The Morgan fingerprint density at radius 3 is 2.29 bits per heavy atom. The van der Waals surface area contributed by atoms with Gasteiger partial charge < -0.3 is 16.0 Å². The molecule has 2 aromatic carbocycles. The van der Waals surface area contributed by atoms with Crippen LogP contribution in [0.2, 0.25) is 0 Å². The van der Waals surface area contributed by atoms with Crippen LogP contribution in [-0.2, 0) is 17.6 Å². The van der Waals surface area contributed by atoms with E-state index in [9.17, 15) is 4.79 Å². The molecule has 0 bridgehead atoms. The second-order valence-electron chi connectivity index (χ2n) is 7.12. The zero-order chi connectivity index (χ0) is 18.2. The van der Waals surface area contributed by atoms with E-state index in [-0.39, 0.29) is 30.7 Å². The van der Waals surface area contributed by atoms with Crippen LogP contribution in [0.5, 0.6) is 0 Å². The van der Waals surface area contributed by atoms with Crippen LogP contribution in [0, 0.1) is 0 Å². The van der Waals surface area contributed by atoms with Crippen molar-refractivity contribution in [1.82, 2.24) is 10.2 Å². The molecule has 0 atom stereocenters. The lowest BCUT2D eigenvalue weighted by molar-refractivity contribution is -0.122. The highest BCUT2D eigenvalue weighted by atomic mass is 35.5. The molecule has 1 saturated heterocycles. The van der Waals surface area contributed by atoms with Crippen LogP contribution in [-0.4, -0.2) is 36.5 Å². The average molecular weight is 424 g/mol. The van der Waals surface area contributed by atoms with Gasteiger partial charge in [-0.25, -0.2) is 0 Å². The van der Waals surface area contributed by atoms with Gasteiger partial charge in [0.15, 0.2) is 0 Å². The van der Waals surface area contributed by atoms with Gasteiger partial charge in [0.2, 0.25) is 5.91 Å². The lowest BCUT2D eigenvalue weighted by atomic mass is 10.0. The number of aryl methyl sites for hydroxylation is 1. The summed E-state index contributed by atoms with van der Waals surface area (Å²) < 4.78 is 0. The number of benzene rings is 2. The van der Waals surface area contributed by atoms with Crippen LogP contribution < -0.4 is 11.1 Å². The zero-order valence-corrected chi connectivity index (χ0v) is 17.8. The minimum atomic E-state index is 0. The third kappa shape index (κ3) is 7.70. The van der Waals surface area contributed by atoms with Gasteiger partial charge in [0, 0.05) is 37.8 Å². The molecule has 1 aliphatic rings. The molecule has 2 aromatic rings. The van der Waals surface area contributed by atoms with Crippen molar-refractivity contribution in [3.63, 3.8) is 0 Å². The largest absolute Gasteiger partial charge is 0.399 e. The number of anilines is 1. The summed E-state index contributed by atoms with van der Waals surface area (Å²) in [6.07, 6.45) is 4.37. The number of carbonyl (C=O) groups excluding carboxylic acids is 1. The maximum atomic E-state index is 12.2. The van der Waals surface area contributed by atoms with Gasteiger partial charge in [-0.3, -0.25) is 4.79 Å². The number of nitrogens with two attached hydrogens (primary N) is 1. The van der Waals surface area contributed by atoms with Gasteiger partial charge in [-0.2, -0.15) is 0 Å². The van der Waals surface area contributed by atoms with E-state index in [1.165, 1.54) is 5.56 Å². The van der Waals surface area contributed by atoms with E-state index in [1.807, 2.05) is 24.3 Å². The Bertz CT molecular complexity index is 704. The normalized spacial score (nSPS) is 14.6. The molecule has 0 saturated carbocycles. The maximum Gasteiger partial charge on any atom is 0.220 e. The van der Waals surface area contributed by atoms with Crippen molar-refractivity contribution >= 4 is 36.4 Å². The van der Waals surface area contributed by atoms with Gasteiger partial charge in [0.05, 0.1) is 0 Å². The van der Waals surface area contributed by atoms with E-state index < -0.39 is 0 Å². The van der Waals surface area contributed by atoms with Crippen LogP contribution in [0.25, 0.3) is 0 Å². The first-order chi connectivity index (χ1) is 12.7. The number of carbonyl (C=O) groups is 1. The number of nitrogens with zero attached hydrogens (tertiary/aromatic N) is 1. The molecule has 0 radical (unpaired) electrons. The quantitative estimate of drug-likeness (QED) is 0.664. The van der Waals surface area contributed by atoms with E-state index in [1.54, 1.807) is 0 Å². The zero-order valence-electron chi connectivity index (χ0n) is 16.2. The summed E-state index contributed by atoms with van der Waals surface area (Å²) >= 11 is 0. The summed E-state index contributed by atoms with van der Waals surface area (Å²) in [6.45, 7) is 3.21. The van der Waals surface area contributed by atoms with Crippen molar-refractivity contribution in [2.24, 2.45) is 0 Å². The van der Waals surface area contributed by atoms with Gasteiger partial charge >= 0.3 is 0 Å². The number of hydrogen-bond acceptors (Lipinski definition) is 3. The van der Waals surface area contributed by atoms with Crippen molar-refractivity contribution in [1.29, 1.82) is 0 Å². The van der Waals surface area contributed by atoms with Crippen LogP contribution >= 0.6 is 24.8 Å². The topological polar surface area (TPSA) is 58.4 Å². The summed E-state index contributed by atoms with van der Waals surface area (Å²) in [6, 6.07) is 18.7. The fraction of sp³-hybridized carbons (Fsp3) is 0.409. The van der Waals surface area contributed by atoms with Gasteiger partial charge in [-0.1, -0.05) is 48.5 Å².